The lowest BCUT2D eigenvalue weighted by Crippen LogP contribution is -2.49. The topological polar surface area (TPSA) is 38.0 Å². The summed E-state index contributed by atoms with van der Waals surface area (Å²) in [5.74, 6) is 8.47. The smallest absolute Gasteiger partial charge is 0.0549 e. The highest BCUT2D eigenvalue weighted by Crippen LogP contribution is 2.38. The van der Waals surface area contributed by atoms with E-state index in [1.165, 1.54) is 50.0 Å². The molecule has 0 aromatic heterocycles. The molecule has 4 heteroatoms. The Bertz CT molecular complexity index is 281. The third kappa shape index (κ3) is 3.69. The molecule has 1 fully saturated rings. The molecule has 3 atom stereocenters. The molecule has 0 amide bonds. The third-order valence-corrected chi connectivity index (χ3v) is 7.33. The summed E-state index contributed by atoms with van der Waals surface area (Å²) in [4.78, 5) is 0. The van der Waals surface area contributed by atoms with Crippen LogP contribution in [0.5, 0.6) is 0 Å². The number of nitrogens with one attached hydrogen (secondary N) is 1. The van der Waals surface area contributed by atoms with E-state index >= 15 is 0 Å². The summed E-state index contributed by atoms with van der Waals surface area (Å²) in [5.41, 5.74) is 4.71. The standard InChI is InChI=1S/C14H26N2S2/c1-2-12-14(18-10-9-17-12)13(16-15)11-7-5-3-4-6-8-11/h7,12-14,16H,2-6,8-10,15H2,1H3. The molecular formula is C14H26N2S2. The van der Waals surface area contributed by atoms with E-state index in [9.17, 15) is 0 Å². The fourth-order valence-corrected chi connectivity index (χ4v) is 6.23. The molecule has 0 bridgehead atoms. The molecule has 1 aliphatic carbocycles. The third-order valence-electron chi connectivity index (χ3n) is 3.98. The normalized spacial score (nSPS) is 31.6. The Morgan fingerprint density at radius 1 is 1.33 bits per heavy atom. The van der Waals surface area contributed by atoms with Gasteiger partial charge in [0.05, 0.1) is 6.04 Å². The van der Waals surface area contributed by atoms with E-state index in [1.54, 1.807) is 5.57 Å². The van der Waals surface area contributed by atoms with Gasteiger partial charge in [-0.05, 0) is 32.1 Å². The van der Waals surface area contributed by atoms with Crippen LogP contribution in [0.4, 0.5) is 0 Å². The largest absolute Gasteiger partial charge is 0.271 e. The fourth-order valence-electron chi connectivity index (χ4n) is 2.98. The van der Waals surface area contributed by atoms with Crippen LogP contribution in [0.2, 0.25) is 0 Å². The van der Waals surface area contributed by atoms with Gasteiger partial charge in [0.25, 0.3) is 0 Å². The minimum absolute atomic E-state index is 0.394. The monoisotopic (exact) mass is 286 g/mol. The number of hydrazine groups is 1. The number of nitrogens with two attached hydrogens (primary N) is 1. The van der Waals surface area contributed by atoms with Crippen LogP contribution < -0.4 is 11.3 Å². The fraction of sp³-hybridized carbons (Fsp3) is 0.857. The van der Waals surface area contributed by atoms with Crippen molar-refractivity contribution in [1.82, 2.24) is 5.43 Å². The maximum Gasteiger partial charge on any atom is 0.0549 e. The zero-order chi connectivity index (χ0) is 12.8. The predicted octanol–water partition coefficient (Wildman–Crippen LogP) is 3.34. The molecule has 0 saturated carbocycles. The summed E-state index contributed by atoms with van der Waals surface area (Å²) in [6.45, 7) is 2.31. The molecule has 2 rings (SSSR count). The minimum atomic E-state index is 0.394. The average molecular weight is 287 g/mol. The summed E-state index contributed by atoms with van der Waals surface area (Å²) in [5, 5.41) is 1.41. The number of rotatable bonds is 4. The summed E-state index contributed by atoms with van der Waals surface area (Å²) < 4.78 is 0. The van der Waals surface area contributed by atoms with Crippen molar-refractivity contribution in [3.8, 4) is 0 Å². The lowest BCUT2D eigenvalue weighted by molar-refractivity contribution is 0.529. The molecule has 1 aliphatic heterocycles. The maximum absolute atomic E-state index is 5.89. The minimum Gasteiger partial charge on any atom is -0.271 e. The van der Waals surface area contributed by atoms with Crippen molar-refractivity contribution in [3.05, 3.63) is 11.6 Å². The van der Waals surface area contributed by atoms with Crippen molar-refractivity contribution in [2.75, 3.05) is 11.5 Å². The van der Waals surface area contributed by atoms with Gasteiger partial charge >= 0.3 is 0 Å². The first-order chi connectivity index (χ1) is 8.86. The average Bonchev–Trinajstić information content (AvgIpc) is 2.69. The Balaban J connectivity index is 2.07. The Hall–Kier alpha value is 0.360. The van der Waals surface area contributed by atoms with E-state index < -0.39 is 0 Å². The lowest BCUT2D eigenvalue weighted by atomic mass is 9.97. The van der Waals surface area contributed by atoms with Crippen molar-refractivity contribution in [2.24, 2.45) is 5.84 Å². The predicted molar refractivity (Wildman–Crippen MR) is 85.1 cm³/mol. The Morgan fingerprint density at radius 2 is 2.17 bits per heavy atom. The van der Waals surface area contributed by atoms with Crippen molar-refractivity contribution < 1.29 is 0 Å². The highest BCUT2D eigenvalue weighted by Gasteiger charge is 2.33. The molecule has 0 spiro atoms. The summed E-state index contributed by atoms with van der Waals surface area (Å²) in [6.07, 6.45) is 10.3. The highest BCUT2D eigenvalue weighted by atomic mass is 32.2. The van der Waals surface area contributed by atoms with E-state index in [-0.39, 0.29) is 0 Å². The van der Waals surface area contributed by atoms with E-state index in [0.717, 1.165) is 5.25 Å². The molecule has 2 aliphatic rings. The van der Waals surface area contributed by atoms with Crippen molar-refractivity contribution in [1.29, 1.82) is 0 Å². The SMILES string of the molecule is CCC1SCCSC1C(NN)C1=CCCCCC1. The molecule has 0 aromatic rings. The lowest BCUT2D eigenvalue weighted by Gasteiger charge is -2.36. The van der Waals surface area contributed by atoms with Gasteiger partial charge in [-0.15, -0.1) is 0 Å². The first-order valence-electron chi connectivity index (χ1n) is 7.25. The van der Waals surface area contributed by atoms with Gasteiger partial charge in [0.15, 0.2) is 0 Å². The number of hydrogen-bond donors (Lipinski definition) is 2. The number of hydrogen-bond acceptors (Lipinski definition) is 4. The molecule has 2 nitrogen and oxygen atoms in total. The van der Waals surface area contributed by atoms with Crippen LogP contribution in [-0.4, -0.2) is 28.0 Å². The van der Waals surface area contributed by atoms with Gasteiger partial charge in [-0.2, -0.15) is 23.5 Å². The van der Waals surface area contributed by atoms with Crippen LogP contribution in [0.25, 0.3) is 0 Å². The van der Waals surface area contributed by atoms with Crippen molar-refractivity contribution in [3.63, 3.8) is 0 Å². The maximum atomic E-state index is 5.89. The van der Waals surface area contributed by atoms with Crippen molar-refractivity contribution in [2.45, 2.75) is 62.0 Å². The molecule has 3 N–H and O–H groups in total. The van der Waals surface area contributed by atoms with Gasteiger partial charge in [-0.1, -0.05) is 25.0 Å². The van der Waals surface area contributed by atoms with Crippen LogP contribution in [0, 0.1) is 0 Å². The van der Waals surface area contributed by atoms with Gasteiger partial charge in [0.2, 0.25) is 0 Å². The van der Waals surface area contributed by atoms with Crippen LogP contribution in [0.3, 0.4) is 0 Å². The van der Waals surface area contributed by atoms with E-state index in [2.05, 4.69) is 41.9 Å². The molecular weight excluding hydrogens is 260 g/mol. The van der Waals surface area contributed by atoms with Crippen LogP contribution in [-0.2, 0) is 0 Å². The second kappa shape index (κ2) is 7.83. The second-order valence-electron chi connectivity index (χ2n) is 5.18. The van der Waals surface area contributed by atoms with Gasteiger partial charge in [-0.25, -0.2) is 0 Å². The van der Waals surface area contributed by atoms with Crippen LogP contribution in [0.15, 0.2) is 11.6 Å². The van der Waals surface area contributed by atoms with Crippen LogP contribution in [0.1, 0.15) is 45.4 Å². The number of thioether (sulfide) groups is 2. The second-order valence-corrected chi connectivity index (χ2v) is 7.81. The molecule has 18 heavy (non-hydrogen) atoms. The quantitative estimate of drug-likeness (QED) is 0.472. The summed E-state index contributed by atoms with van der Waals surface area (Å²) in [6, 6.07) is 0.394. The van der Waals surface area contributed by atoms with E-state index in [1.807, 2.05) is 0 Å². The van der Waals surface area contributed by atoms with E-state index in [4.69, 9.17) is 5.84 Å². The summed E-state index contributed by atoms with van der Waals surface area (Å²) in [7, 11) is 0. The Kier molecular flexibility index (Phi) is 6.42. The van der Waals surface area contributed by atoms with Gasteiger partial charge in [-0.3, -0.25) is 11.3 Å². The Morgan fingerprint density at radius 3 is 2.94 bits per heavy atom. The zero-order valence-corrected chi connectivity index (χ0v) is 13.0. The van der Waals surface area contributed by atoms with E-state index in [0.29, 0.717) is 11.3 Å². The molecule has 0 aromatic carbocycles. The van der Waals surface area contributed by atoms with Crippen LogP contribution >= 0.6 is 23.5 Å². The molecule has 3 unspecified atom stereocenters. The molecule has 104 valence electrons. The number of allylic oxidation sites excluding steroid dienone is 1. The van der Waals surface area contributed by atoms with Gasteiger partial charge in [0, 0.05) is 22.0 Å². The van der Waals surface area contributed by atoms with Gasteiger partial charge in [0.1, 0.15) is 0 Å². The highest BCUT2D eigenvalue weighted by molar-refractivity contribution is 8.07. The first-order valence-corrected chi connectivity index (χ1v) is 9.34. The molecule has 1 heterocycles. The van der Waals surface area contributed by atoms with Gasteiger partial charge < -0.3 is 0 Å². The molecule has 0 radical (unpaired) electrons. The Labute approximate surface area is 120 Å². The first kappa shape index (κ1) is 14.8. The molecule has 1 saturated heterocycles. The summed E-state index contributed by atoms with van der Waals surface area (Å²) >= 11 is 4.27. The van der Waals surface area contributed by atoms with Crippen molar-refractivity contribution >= 4 is 23.5 Å². The zero-order valence-electron chi connectivity index (χ0n) is 11.4.